The van der Waals surface area contributed by atoms with Crippen LogP contribution in [0.15, 0.2) is 47.6 Å². The Bertz CT molecular complexity index is 720. The van der Waals surface area contributed by atoms with E-state index in [1.165, 1.54) is 18.3 Å². The van der Waals surface area contributed by atoms with Crippen LogP contribution in [0, 0.1) is 5.82 Å². The molecule has 2 rings (SSSR count). The van der Waals surface area contributed by atoms with Crippen molar-refractivity contribution in [3.63, 3.8) is 0 Å². The van der Waals surface area contributed by atoms with Gasteiger partial charge in [0.1, 0.15) is 0 Å². The highest BCUT2D eigenvalue weighted by Crippen LogP contribution is 2.21. The Morgan fingerprint density at radius 2 is 2.00 bits per heavy atom. The summed E-state index contributed by atoms with van der Waals surface area (Å²) in [6.07, 6.45) is 2.29. The van der Waals surface area contributed by atoms with E-state index < -0.39 is 15.8 Å². The third kappa shape index (κ3) is 3.77. The Morgan fingerprint density at radius 1 is 1.24 bits per heavy atom. The van der Waals surface area contributed by atoms with Gasteiger partial charge < -0.3 is 5.32 Å². The zero-order chi connectivity index (χ0) is 15.3. The average Bonchev–Trinajstić information content (AvgIpc) is 2.47. The first kappa shape index (κ1) is 15.4. The minimum absolute atomic E-state index is 0.122. The van der Waals surface area contributed by atoms with E-state index in [2.05, 4.69) is 15.0 Å². The molecule has 0 bridgehead atoms. The molecular weight excluding hydrogens is 293 g/mol. The summed E-state index contributed by atoms with van der Waals surface area (Å²) in [6.45, 7) is 3.08. The molecule has 1 heterocycles. The number of aromatic nitrogens is 1. The molecule has 0 spiro atoms. The van der Waals surface area contributed by atoms with Crippen molar-refractivity contribution in [2.24, 2.45) is 0 Å². The maximum Gasteiger partial charge on any atom is 0.262 e. The van der Waals surface area contributed by atoms with E-state index in [9.17, 15) is 12.8 Å². The van der Waals surface area contributed by atoms with Crippen LogP contribution in [0.5, 0.6) is 0 Å². The maximum atomic E-state index is 13.5. The summed E-state index contributed by atoms with van der Waals surface area (Å²) in [5.41, 5.74) is 0.504. The van der Waals surface area contributed by atoms with Crippen LogP contribution in [0.2, 0.25) is 0 Å². The van der Waals surface area contributed by atoms with Crippen LogP contribution in [0.3, 0.4) is 0 Å². The lowest BCUT2D eigenvalue weighted by molar-refractivity contribution is 0.595. The van der Waals surface area contributed by atoms with Gasteiger partial charge in [-0.15, -0.1) is 0 Å². The molecule has 112 valence electrons. The highest BCUT2D eigenvalue weighted by molar-refractivity contribution is 7.92. The number of hydrogen-bond donors (Lipinski definition) is 2. The molecule has 0 radical (unpaired) electrons. The van der Waals surface area contributed by atoms with E-state index >= 15 is 0 Å². The number of rotatable bonds is 6. The SMILES string of the molecule is CCNCc1ccccc1S(=O)(=O)Nc1ccncc1F. The predicted octanol–water partition coefficient (Wildman–Crippen LogP) is 2.13. The molecular formula is C14H16FN3O2S. The highest BCUT2D eigenvalue weighted by atomic mass is 32.2. The summed E-state index contributed by atoms with van der Waals surface area (Å²) in [7, 11) is -3.85. The standard InChI is InChI=1S/C14H16FN3O2S/c1-2-16-9-11-5-3-4-6-14(11)21(19,20)18-13-7-8-17-10-12(13)15/h3-8,10,16H,2,9H2,1H3,(H,17,18). The number of nitrogens with zero attached hydrogens (tertiary/aromatic N) is 1. The molecule has 1 aromatic heterocycles. The molecule has 0 unspecified atom stereocenters. The zero-order valence-electron chi connectivity index (χ0n) is 11.5. The lowest BCUT2D eigenvalue weighted by Crippen LogP contribution is -2.19. The second-order valence-electron chi connectivity index (χ2n) is 4.35. The average molecular weight is 309 g/mol. The van der Waals surface area contributed by atoms with Gasteiger partial charge in [0, 0.05) is 12.7 Å². The molecule has 2 aromatic rings. The lowest BCUT2D eigenvalue weighted by Gasteiger charge is -2.12. The van der Waals surface area contributed by atoms with Crippen molar-refractivity contribution < 1.29 is 12.8 Å². The van der Waals surface area contributed by atoms with Crippen molar-refractivity contribution in [3.8, 4) is 0 Å². The van der Waals surface area contributed by atoms with E-state index in [1.807, 2.05) is 6.92 Å². The Morgan fingerprint density at radius 3 is 2.71 bits per heavy atom. The van der Waals surface area contributed by atoms with Crippen LogP contribution in [0.1, 0.15) is 12.5 Å². The summed E-state index contributed by atoms with van der Waals surface area (Å²) in [4.78, 5) is 3.71. The van der Waals surface area contributed by atoms with Crippen molar-refractivity contribution in [2.75, 3.05) is 11.3 Å². The molecule has 2 N–H and O–H groups in total. The summed E-state index contributed by atoms with van der Waals surface area (Å²) in [6, 6.07) is 7.89. The highest BCUT2D eigenvalue weighted by Gasteiger charge is 2.19. The fourth-order valence-corrected chi connectivity index (χ4v) is 3.14. The Hall–Kier alpha value is -1.99. The summed E-state index contributed by atoms with van der Waals surface area (Å²) in [5.74, 6) is -0.717. The Labute approximate surface area is 123 Å². The molecule has 5 nitrogen and oxygen atoms in total. The molecule has 0 amide bonds. The summed E-state index contributed by atoms with van der Waals surface area (Å²) >= 11 is 0. The molecule has 0 fully saturated rings. The topological polar surface area (TPSA) is 71.1 Å². The van der Waals surface area contributed by atoms with Gasteiger partial charge >= 0.3 is 0 Å². The predicted molar refractivity (Wildman–Crippen MR) is 78.8 cm³/mol. The molecule has 0 saturated heterocycles. The van der Waals surface area contributed by atoms with Crippen molar-refractivity contribution in [1.82, 2.24) is 10.3 Å². The van der Waals surface area contributed by atoms with Crippen LogP contribution in [0.4, 0.5) is 10.1 Å². The number of benzene rings is 1. The minimum atomic E-state index is -3.85. The van der Waals surface area contributed by atoms with Crippen molar-refractivity contribution in [3.05, 3.63) is 54.1 Å². The second-order valence-corrected chi connectivity index (χ2v) is 6.00. The molecule has 1 aromatic carbocycles. The number of pyridine rings is 1. The largest absolute Gasteiger partial charge is 0.313 e. The third-order valence-corrected chi connectivity index (χ3v) is 4.31. The Kier molecular flexibility index (Phi) is 4.87. The van der Waals surface area contributed by atoms with Crippen LogP contribution < -0.4 is 10.0 Å². The maximum absolute atomic E-state index is 13.5. The molecule has 0 aliphatic carbocycles. The van der Waals surface area contributed by atoms with Gasteiger partial charge in [0.15, 0.2) is 5.82 Å². The van der Waals surface area contributed by atoms with Crippen molar-refractivity contribution in [2.45, 2.75) is 18.4 Å². The lowest BCUT2D eigenvalue weighted by atomic mass is 10.2. The van der Waals surface area contributed by atoms with Gasteiger partial charge in [-0.2, -0.15) is 0 Å². The van der Waals surface area contributed by atoms with Crippen molar-refractivity contribution >= 4 is 15.7 Å². The monoisotopic (exact) mass is 309 g/mol. The van der Waals surface area contributed by atoms with E-state index in [0.717, 1.165) is 12.7 Å². The number of nitrogens with one attached hydrogen (secondary N) is 2. The summed E-state index contributed by atoms with van der Waals surface area (Å²) in [5, 5.41) is 3.08. The molecule has 0 atom stereocenters. The third-order valence-electron chi connectivity index (χ3n) is 2.84. The number of sulfonamides is 1. The quantitative estimate of drug-likeness (QED) is 0.857. The molecule has 0 aliphatic heterocycles. The van der Waals surface area contributed by atoms with E-state index in [-0.39, 0.29) is 10.6 Å². The fraction of sp³-hybridized carbons (Fsp3) is 0.214. The number of anilines is 1. The molecule has 0 saturated carbocycles. The zero-order valence-corrected chi connectivity index (χ0v) is 12.3. The molecule has 7 heteroatoms. The minimum Gasteiger partial charge on any atom is -0.313 e. The van der Waals surface area contributed by atoms with Crippen LogP contribution >= 0.6 is 0 Å². The van der Waals surface area contributed by atoms with Gasteiger partial charge in [-0.05, 0) is 24.2 Å². The summed E-state index contributed by atoms with van der Waals surface area (Å²) < 4.78 is 40.6. The van der Waals surface area contributed by atoms with Crippen LogP contribution in [0.25, 0.3) is 0 Å². The smallest absolute Gasteiger partial charge is 0.262 e. The van der Waals surface area contributed by atoms with Gasteiger partial charge in [0.2, 0.25) is 0 Å². The van der Waals surface area contributed by atoms with Crippen LogP contribution in [-0.4, -0.2) is 19.9 Å². The molecule has 0 aliphatic rings. The van der Waals surface area contributed by atoms with Gasteiger partial charge in [0.25, 0.3) is 10.0 Å². The van der Waals surface area contributed by atoms with Gasteiger partial charge in [0.05, 0.1) is 16.8 Å². The van der Waals surface area contributed by atoms with Gasteiger partial charge in [-0.3, -0.25) is 9.71 Å². The first-order valence-corrected chi connectivity index (χ1v) is 7.94. The number of hydrogen-bond acceptors (Lipinski definition) is 4. The molecule has 21 heavy (non-hydrogen) atoms. The normalized spacial score (nSPS) is 11.3. The van der Waals surface area contributed by atoms with Crippen molar-refractivity contribution in [1.29, 1.82) is 0 Å². The van der Waals surface area contributed by atoms with E-state index in [0.29, 0.717) is 12.1 Å². The Balaban J connectivity index is 2.34. The first-order valence-electron chi connectivity index (χ1n) is 6.45. The van der Waals surface area contributed by atoms with Gasteiger partial charge in [-0.1, -0.05) is 25.1 Å². The second kappa shape index (κ2) is 6.64. The number of halogens is 1. The fourth-order valence-electron chi connectivity index (χ4n) is 1.83. The van der Waals surface area contributed by atoms with Crippen LogP contribution in [-0.2, 0) is 16.6 Å². The van der Waals surface area contributed by atoms with E-state index in [4.69, 9.17) is 0 Å². The van der Waals surface area contributed by atoms with Gasteiger partial charge in [-0.25, -0.2) is 12.8 Å². The first-order chi connectivity index (χ1) is 10.0. The van der Waals surface area contributed by atoms with E-state index in [1.54, 1.807) is 18.2 Å².